The Morgan fingerprint density at radius 1 is 0.359 bits per heavy atom. The first kappa shape index (κ1) is 23.2. The quantitative estimate of drug-likeness (QED) is 0.109. The zero-order valence-corrected chi connectivity index (χ0v) is 21.0. The maximum absolute atomic E-state index is 13.9. The summed E-state index contributed by atoms with van der Waals surface area (Å²) in [7, 11) is 0. The number of aryl methyl sites for hydroxylation is 2. The number of hydrogen-bond donors (Lipinski definition) is 6. The van der Waals surface area contributed by atoms with Gasteiger partial charge < -0.3 is 30.6 Å². The maximum atomic E-state index is 13.9. The lowest BCUT2D eigenvalue weighted by Gasteiger charge is -2.25. The Morgan fingerprint density at radius 2 is 0.590 bits per heavy atom. The first-order valence-electron chi connectivity index (χ1n) is 11.8. The van der Waals surface area contributed by atoms with Crippen molar-refractivity contribution in [3.05, 3.63) is 55.8 Å². The van der Waals surface area contributed by atoms with Crippen LogP contribution in [0.1, 0.15) is 11.1 Å². The highest BCUT2D eigenvalue weighted by atomic mass is 35.5. The Hall–Kier alpha value is -4.95. The van der Waals surface area contributed by atoms with Crippen LogP contribution in [0.4, 0.5) is 0 Å². The second-order valence-corrected chi connectivity index (χ2v) is 10.2. The number of rotatable bonds is 0. The Balaban J connectivity index is 0.00000253. The number of phenols is 6. The Labute approximate surface area is 222 Å². The fraction of sp³-hybridized carbons (Fsp3) is 0.0667. The molecular formula is C30H17ClO8. The summed E-state index contributed by atoms with van der Waals surface area (Å²) in [6.07, 6.45) is 0. The van der Waals surface area contributed by atoms with Crippen molar-refractivity contribution in [2.75, 3.05) is 0 Å². The molecule has 39 heavy (non-hydrogen) atoms. The van der Waals surface area contributed by atoms with Gasteiger partial charge in [-0.3, -0.25) is 9.59 Å². The minimum Gasteiger partial charge on any atom is -0.507 e. The lowest BCUT2D eigenvalue weighted by atomic mass is 9.78. The first-order chi connectivity index (χ1) is 18.0. The van der Waals surface area contributed by atoms with Gasteiger partial charge in [-0.15, -0.1) is 12.4 Å². The van der Waals surface area contributed by atoms with Crippen LogP contribution < -0.4 is 10.9 Å². The Bertz CT molecular complexity index is 2180. The lowest BCUT2D eigenvalue weighted by molar-refractivity contribution is 0.455. The molecule has 8 aromatic rings. The zero-order chi connectivity index (χ0) is 26.7. The molecule has 0 aliphatic heterocycles. The van der Waals surface area contributed by atoms with Crippen LogP contribution in [0.5, 0.6) is 34.5 Å². The maximum Gasteiger partial charge on any atom is 0.201 e. The normalized spacial score (nSPS) is 12.5. The van der Waals surface area contributed by atoms with Gasteiger partial charge in [-0.1, -0.05) is 0 Å². The summed E-state index contributed by atoms with van der Waals surface area (Å²) in [5.41, 5.74) is -0.112. The Kier molecular flexibility index (Phi) is 4.00. The van der Waals surface area contributed by atoms with Gasteiger partial charge in [0.2, 0.25) is 10.9 Å². The zero-order valence-electron chi connectivity index (χ0n) is 20.2. The highest BCUT2D eigenvalue weighted by molar-refractivity contribution is 6.50. The van der Waals surface area contributed by atoms with Gasteiger partial charge in [-0.2, -0.15) is 0 Å². The smallest absolute Gasteiger partial charge is 0.201 e. The third-order valence-electron chi connectivity index (χ3n) is 8.24. The summed E-state index contributed by atoms with van der Waals surface area (Å²) < 4.78 is 0. The van der Waals surface area contributed by atoms with Crippen molar-refractivity contribution in [1.82, 2.24) is 0 Å². The van der Waals surface area contributed by atoms with E-state index >= 15 is 0 Å². The molecule has 6 N–H and O–H groups in total. The van der Waals surface area contributed by atoms with Crippen molar-refractivity contribution in [3.63, 3.8) is 0 Å². The van der Waals surface area contributed by atoms with E-state index in [1.807, 2.05) is 0 Å². The molecule has 0 aromatic heterocycles. The molecule has 0 amide bonds. The lowest BCUT2D eigenvalue weighted by Crippen LogP contribution is -2.10. The van der Waals surface area contributed by atoms with Crippen LogP contribution in [0, 0.1) is 13.8 Å². The minimum absolute atomic E-state index is 0. The van der Waals surface area contributed by atoms with Crippen LogP contribution in [0.25, 0.3) is 75.4 Å². The summed E-state index contributed by atoms with van der Waals surface area (Å²) in [5, 5.41) is 68.4. The molecule has 0 atom stereocenters. The standard InChI is InChI=1S/C30H16O8.ClH/c1-7-3-9(31)19-23-15(7)16-8(2)4-10(32)20-24(16)28-26-18(12(34)6-14(36)22(26)30(20)38)17-11(33)5-13(35)21(29(19)37)25(17)27(23)28;/h3-6,31-36H,1-2H3;1H. The van der Waals surface area contributed by atoms with Crippen LogP contribution in [0.2, 0.25) is 0 Å². The average Bonchev–Trinajstić information content (AvgIpc) is 2.82. The molecule has 8 nitrogen and oxygen atoms in total. The van der Waals surface area contributed by atoms with E-state index < -0.39 is 33.9 Å². The number of halogens is 1. The third kappa shape index (κ3) is 2.25. The van der Waals surface area contributed by atoms with Crippen molar-refractivity contribution in [2.45, 2.75) is 13.8 Å². The summed E-state index contributed by atoms with van der Waals surface area (Å²) in [5.74, 6) is -2.51. The largest absolute Gasteiger partial charge is 0.507 e. The topological polar surface area (TPSA) is 156 Å². The molecule has 8 aromatic carbocycles. The average molecular weight is 541 g/mol. The van der Waals surface area contributed by atoms with Gasteiger partial charge in [-0.05, 0) is 47.9 Å². The van der Waals surface area contributed by atoms with Crippen molar-refractivity contribution < 1.29 is 30.6 Å². The third-order valence-corrected chi connectivity index (χ3v) is 8.24. The molecule has 8 rings (SSSR count). The van der Waals surface area contributed by atoms with Crippen molar-refractivity contribution >= 4 is 87.8 Å². The van der Waals surface area contributed by atoms with Gasteiger partial charge in [0.15, 0.2) is 0 Å². The molecule has 0 heterocycles. The molecule has 0 aliphatic carbocycles. The van der Waals surface area contributed by atoms with Gasteiger partial charge >= 0.3 is 0 Å². The van der Waals surface area contributed by atoms with E-state index in [1.54, 1.807) is 13.8 Å². The van der Waals surface area contributed by atoms with Crippen LogP contribution in [0.15, 0.2) is 33.9 Å². The number of benzene rings is 8. The molecule has 9 heteroatoms. The van der Waals surface area contributed by atoms with Gasteiger partial charge in [0.1, 0.15) is 34.5 Å². The van der Waals surface area contributed by atoms with Crippen LogP contribution in [0.3, 0.4) is 0 Å². The fourth-order valence-electron chi connectivity index (χ4n) is 6.98. The van der Waals surface area contributed by atoms with E-state index in [0.717, 1.165) is 12.1 Å². The van der Waals surface area contributed by atoms with E-state index in [9.17, 15) is 40.2 Å². The van der Waals surface area contributed by atoms with Crippen molar-refractivity contribution in [2.24, 2.45) is 0 Å². The van der Waals surface area contributed by atoms with Crippen LogP contribution in [-0.4, -0.2) is 30.6 Å². The molecule has 0 fully saturated rings. The Morgan fingerprint density at radius 3 is 0.923 bits per heavy atom. The van der Waals surface area contributed by atoms with E-state index in [0.29, 0.717) is 43.4 Å². The van der Waals surface area contributed by atoms with Gasteiger partial charge in [-0.25, -0.2) is 0 Å². The van der Waals surface area contributed by atoms with Gasteiger partial charge in [0, 0.05) is 55.2 Å². The van der Waals surface area contributed by atoms with E-state index in [2.05, 4.69) is 0 Å². The van der Waals surface area contributed by atoms with E-state index in [-0.39, 0.29) is 67.0 Å². The highest BCUT2D eigenvalue weighted by Gasteiger charge is 2.32. The minimum atomic E-state index is -0.661. The summed E-state index contributed by atoms with van der Waals surface area (Å²) in [4.78, 5) is 27.8. The predicted octanol–water partition coefficient (Wildman–Crippen LogP) is 5.50. The van der Waals surface area contributed by atoms with Crippen LogP contribution in [-0.2, 0) is 0 Å². The van der Waals surface area contributed by atoms with E-state index in [4.69, 9.17) is 0 Å². The summed E-state index contributed by atoms with van der Waals surface area (Å²) in [6.45, 7) is 3.51. The molecule has 192 valence electrons. The molecule has 0 unspecified atom stereocenters. The monoisotopic (exact) mass is 540 g/mol. The summed E-state index contributed by atoms with van der Waals surface area (Å²) in [6, 6.07) is 4.86. The van der Waals surface area contributed by atoms with E-state index in [1.165, 1.54) is 12.1 Å². The molecule has 0 radical (unpaired) electrons. The van der Waals surface area contributed by atoms with Gasteiger partial charge in [0.05, 0.1) is 21.5 Å². The molecule has 0 bridgehead atoms. The second kappa shape index (κ2) is 6.73. The number of hydrogen-bond acceptors (Lipinski definition) is 8. The fourth-order valence-corrected chi connectivity index (χ4v) is 6.98. The molecule has 0 aliphatic rings. The molecular weight excluding hydrogens is 524 g/mol. The van der Waals surface area contributed by atoms with Crippen molar-refractivity contribution in [3.8, 4) is 34.5 Å². The predicted molar refractivity (Wildman–Crippen MR) is 153 cm³/mol. The molecule has 0 saturated carbocycles. The molecule has 0 spiro atoms. The number of phenolic OH excluding ortho intramolecular Hbond substituents is 6. The SMILES string of the molecule is Cc1cc(O)c2c(=O)c3c(O)cc(O)c4c5c(O)cc(O)c6c(=O)c7c(O)cc(C)c8c1c2c(c34)c(c78)c65.Cl. The van der Waals surface area contributed by atoms with Crippen LogP contribution >= 0.6 is 12.4 Å². The van der Waals surface area contributed by atoms with Gasteiger partial charge in [0.25, 0.3) is 0 Å². The van der Waals surface area contributed by atoms with Crippen molar-refractivity contribution in [1.29, 1.82) is 0 Å². The number of fused-ring (bicyclic) bond motifs is 2. The summed E-state index contributed by atoms with van der Waals surface area (Å²) >= 11 is 0. The molecule has 0 saturated heterocycles. The highest BCUT2D eigenvalue weighted by Crippen LogP contribution is 2.56. The number of aromatic hydroxyl groups is 6. The second-order valence-electron chi connectivity index (χ2n) is 10.2. The first-order valence-corrected chi connectivity index (χ1v) is 11.8.